The second-order valence-corrected chi connectivity index (χ2v) is 15.5. The zero-order chi connectivity index (χ0) is 42.1. The Bertz CT molecular complexity index is 2030. The molecule has 0 amide bonds. The van der Waals surface area contributed by atoms with E-state index in [1.54, 1.807) is 37.3 Å². The number of carboxylic acids is 2. The summed E-state index contributed by atoms with van der Waals surface area (Å²) in [5, 5.41) is 70.0. The van der Waals surface area contributed by atoms with E-state index in [9.17, 15) is 45.3 Å². The molecular weight excluding hydrogens is 760 g/mol. The van der Waals surface area contributed by atoms with Crippen molar-refractivity contribution in [2.75, 3.05) is 6.61 Å². The molecular formula is C46H54O13. The van der Waals surface area contributed by atoms with E-state index in [1.165, 1.54) is 0 Å². The van der Waals surface area contributed by atoms with Crippen LogP contribution in [-0.4, -0.2) is 103 Å². The first-order valence-electron chi connectivity index (χ1n) is 20.2. The minimum atomic E-state index is -1.13. The second-order valence-electron chi connectivity index (χ2n) is 15.5. The smallest absolute Gasteiger partial charge is 0.307 e. The maximum Gasteiger partial charge on any atom is 0.307 e. The van der Waals surface area contributed by atoms with E-state index < -0.39 is 67.7 Å². The molecule has 7 N–H and O–H groups in total. The third-order valence-corrected chi connectivity index (χ3v) is 10.8. The average Bonchev–Trinajstić information content (AvgIpc) is 3.19. The molecule has 0 bridgehead atoms. The lowest BCUT2D eigenvalue weighted by Crippen LogP contribution is -2.51. The van der Waals surface area contributed by atoms with Crippen LogP contribution in [0, 0.1) is 0 Å². The van der Waals surface area contributed by atoms with E-state index >= 15 is 0 Å². The van der Waals surface area contributed by atoms with Crippen LogP contribution in [0.1, 0.15) is 67.7 Å². The minimum Gasteiger partial charge on any atom is -0.481 e. The third-order valence-electron chi connectivity index (χ3n) is 10.8. The van der Waals surface area contributed by atoms with Crippen LogP contribution in [0.2, 0.25) is 0 Å². The highest BCUT2D eigenvalue weighted by atomic mass is 16.7. The van der Waals surface area contributed by atoms with Crippen molar-refractivity contribution in [3.63, 3.8) is 0 Å². The standard InChI is InChI=1S/C46H54O13/c1-27-36(48)24-38(50)45(56-27)57-40-16-14-28(20-34(40)32-12-6-10-30(18-32)22-43(52)53)8-4-2-3-5-9-29-15-17-41(58-46-39(51)25-37(49)42(26-47)59-46)35(21-29)33-13-7-11-31(19-33)23-44(54)55/h6-7,10-21,27,36-39,42,45-51H,2-5,8-9,22-26H2,1H3,(H,52,53)(H,54,55)/t27-,36?,37?,38+,39+,42-,45-,46?/m1/s1. The van der Waals surface area contributed by atoms with E-state index in [4.69, 9.17) is 18.9 Å². The van der Waals surface area contributed by atoms with Crippen molar-refractivity contribution in [3.05, 3.63) is 107 Å². The molecule has 2 aliphatic rings. The molecule has 4 aromatic carbocycles. The van der Waals surface area contributed by atoms with Gasteiger partial charge in [-0.3, -0.25) is 9.59 Å². The van der Waals surface area contributed by atoms with Crippen molar-refractivity contribution < 1.29 is 64.3 Å². The number of rotatable bonds is 18. The van der Waals surface area contributed by atoms with Gasteiger partial charge in [-0.15, -0.1) is 0 Å². The summed E-state index contributed by atoms with van der Waals surface area (Å²) in [6.45, 7) is 1.29. The van der Waals surface area contributed by atoms with Gasteiger partial charge in [-0.05, 0) is 90.3 Å². The maximum absolute atomic E-state index is 11.5. The lowest BCUT2D eigenvalue weighted by Gasteiger charge is -2.36. The molecule has 2 saturated heterocycles. The van der Waals surface area contributed by atoms with Crippen molar-refractivity contribution in [3.8, 4) is 33.8 Å². The number of hydrogen-bond acceptors (Lipinski definition) is 11. The molecule has 13 heteroatoms. The number of aliphatic hydroxyl groups is 5. The molecule has 6 rings (SSSR count). The van der Waals surface area contributed by atoms with Gasteiger partial charge < -0.3 is 54.7 Å². The first-order chi connectivity index (χ1) is 28.4. The van der Waals surface area contributed by atoms with Gasteiger partial charge in [0.05, 0.1) is 37.8 Å². The Morgan fingerprint density at radius 3 is 1.54 bits per heavy atom. The molecule has 0 radical (unpaired) electrons. The average molecular weight is 815 g/mol. The van der Waals surface area contributed by atoms with Crippen LogP contribution >= 0.6 is 0 Å². The molecule has 59 heavy (non-hydrogen) atoms. The summed E-state index contributed by atoms with van der Waals surface area (Å²) in [6.07, 6.45) is -2.36. The van der Waals surface area contributed by atoms with E-state index in [0.29, 0.717) is 28.2 Å². The predicted octanol–water partition coefficient (Wildman–Crippen LogP) is 5.06. The van der Waals surface area contributed by atoms with Gasteiger partial charge in [0.2, 0.25) is 12.6 Å². The monoisotopic (exact) mass is 814 g/mol. The maximum atomic E-state index is 11.5. The first-order valence-corrected chi connectivity index (χ1v) is 20.2. The van der Waals surface area contributed by atoms with Gasteiger partial charge in [0.25, 0.3) is 0 Å². The molecule has 8 atom stereocenters. The normalized spacial score (nSPS) is 24.4. The summed E-state index contributed by atoms with van der Waals surface area (Å²) in [6, 6.07) is 26.1. The van der Waals surface area contributed by atoms with Gasteiger partial charge in [-0.25, -0.2) is 0 Å². The fourth-order valence-electron chi connectivity index (χ4n) is 7.62. The lowest BCUT2D eigenvalue weighted by atomic mass is 9.96. The first kappa shape index (κ1) is 43.7. The highest BCUT2D eigenvalue weighted by molar-refractivity contribution is 5.76. The number of aliphatic carboxylic acids is 2. The summed E-state index contributed by atoms with van der Waals surface area (Å²) in [5.41, 5.74) is 6.35. The Kier molecular flexibility index (Phi) is 15.1. The molecule has 0 saturated carbocycles. The molecule has 0 aliphatic carbocycles. The SMILES string of the molecule is C[C@H]1O[C@H](Oc2ccc(CCCCCCc3ccc(OC4O[C@H](CO)C(O)C[C@@H]4O)c(-c4cccc(CC(=O)O)c4)c3)cc2-c2cccc(CC(=O)O)c2)[C@@H](O)CC1O. The fourth-order valence-corrected chi connectivity index (χ4v) is 7.62. The van der Waals surface area contributed by atoms with Crippen LogP contribution in [0.4, 0.5) is 0 Å². The molecule has 3 unspecified atom stereocenters. The summed E-state index contributed by atoms with van der Waals surface area (Å²) in [4.78, 5) is 22.9. The van der Waals surface area contributed by atoms with Gasteiger partial charge in [-0.2, -0.15) is 0 Å². The van der Waals surface area contributed by atoms with Crippen molar-refractivity contribution in [1.82, 2.24) is 0 Å². The molecule has 13 nitrogen and oxygen atoms in total. The van der Waals surface area contributed by atoms with E-state index in [0.717, 1.165) is 66.3 Å². The van der Waals surface area contributed by atoms with E-state index in [2.05, 4.69) is 0 Å². The summed E-state index contributed by atoms with van der Waals surface area (Å²) >= 11 is 0. The zero-order valence-electron chi connectivity index (χ0n) is 33.1. The highest BCUT2D eigenvalue weighted by Crippen LogP contribution is 2.37. The van der Waals surface area contributed by atoms with Crippen LogP contribution in [0.5, 0.6) is 11.5 Å². The predicted molar refractivity (Wildman–Crippen MR) is 217 cm³/mol. The van der Waals surface area contributed by atoms with Crippen LogP contribution in [0.3, 0.4) is 0 Å². The quantitative estimate of drug-likeness (QED) is 0.0656. The highest BCUT2D eigenvalue weighted by Gasteiger charge is 2.38. The van der Waals surface area contributed by atoms with Crippen LogP contribution in [0.25, 0.3) is 22.3 Å². The van der Waals surface area contributed by atoms with E-state index in [-0.39, 0.29) is 25.7 Å². The Morgan fingerprint density at radius 1 is 0.593 bits per heavy atom. The zero-order valence-corrected chi connectivity index (χ0v) is 33.1. The van der Waals surface area contributed by atoms with Crippen molar-refractivity contribution >= 4 is 11.9 Å². The number of aliphatic hydroxyl groups excluding tert-OH is 5. The number of ether oxygens (including phenoxy) is 4. The molecule has 4 aromatic rings. The molecule has 316 valence electrons. The third kappa shape index (κ3) is 11.9. The topological polar surface area (TPSA) is 213 Å². The van der Waals surface area contributed by atoms with Gasteiger partial charge >= 0.3 is 11.9 Å². The van der Waals surface area contributed by atoms with Crippen molar-refractivity contribution in [1.29, 1.82) is 0 Å². The lowest BCUT2D eigenvalue weighted by molar-refractivity contribution is -0.240. The van der Waals surface area contributed by atoms with Crippen molar-refractivity contribution in [2.45, 2.75) is 120 Å². The number of carboxylic acid groups (broad SMARTS) is 2. The fraction of sp³-hybridized carbons (Fsp3) is 0.435. The number of aryl methyl sites for hydroxylation is 2. The Labute approximate surface area is 343 Å². The van der Waals surface area contributed by atoms with Gasteiger partial charge in [0, 0.05) is 24.0 Å². The van der Waals surface area contributed by atoms with Crippen LogP contribution in [0.15, 0.2) is 84.9 Å². The Morgan fingerprint density at radius 2 is 1.07 bits per heavy atom. The minimum absolute atomic E-state index is 0.0204. The summed E-state index contributed by atoms with van der Waals surface area (Å²) in [7, 11) is 0. The summed E-state index contributed by atoms with van der Waals surface area (Å²) < 4.78 is 23.8. The van der Waals surface area contributed by atoms with E-state index in [1.807, 2.05) is 54.6 Å². The number of benzene rings is 4. The molecule has 0 aromatic heterocycles. The number of carbonyl (C=O) groups is 2. The Hall–Kier alpha value is -4.86. The number of hydrogen-bond donors (Lipinski definition) is 7. The number of unbranched alkanes of at least 4 members (excludes halogenated alkanes) is 3. The van der Waals surface area contributed by atoms with Gasteiger partial charge in [0.15, 0.2) is 0 Å². The van der Waals surface area contributed by atoms with Crippen LogP contribution < -0.4 is 9.47 Å². The summed E-state index contributed by atoms with van der Waals surface area (Å²) in [5.74, 6) is -0.984. The molecule has 2 heterocycles. The molecule has 2 aliphatic heterocycles. The Balaban J connectivity index is 1.11. The second kappa shape index (κ2) is 20.4. The van der Waals surface area contributed by atoms with Crippen molar-refractivity contribution in [2.24, 2.45) is 0 Å². The van der Waals surface area contributed by atoms with Crippen LogP contribution in [-0.2, 0) is 44.7 Å². The van der Waals surface area contributed by atoms with Gasteiger partial charge in [0.1, 0.15) is 29.8 Å². The largest absolute Gasteiger partial charge is 0.481 e. The molecule has 2 fully saturated rings. The molecule has 0 spiro atoms. The van der Waals surface area contributed by atoms with Gasteiger partial charge in [-0.1, -0.05) is 73.5 Å².